The van der Waals surface area contributed by atoms with E-state index in [9.17, 15) is 17.6 Å². The Kier molecular flexibility index (Phi) is 5.29. The number of benzene rings is 2. The SMILES string of the molecule is O=C(c1cccc(S(=O)(=O)Nc2ccccc2F)c1)N1CCSCC1. The molecule has 0 bridgehead atoms. The summed E-state index contributed by atoms with van der Waals surface area (Å²) in [6.07, 6.45) is 0. The van der Waals surface area contributed by atoms with Gasteiger partial charge in [0.15, 0.2) is 0 Å². The molecule has 1 amide bonds. The topological polar surface area (TPSA) is 66.5 Å². The minimum absolute atomic E-state index is 0.0759. The number of sulfonamides is 1. The number of hydrogen-bond acceptors (Lipinski definition) is 4. The Balaban J connectivity index is 1.85. The second-order valence-electron chi connectivity index (χ2n) is 5.52. The van der Waals surface area contributed by atoms with Crippen molar-refractivity contribution >= 4 is 33.4 Å². The summed E-state index contributed by atoms with van der Waals surface area (Å²) in [5, 5.41) is 0. The second kappa shape index (κ2) is 7.45. The van der Waals surface area contributed by atoms with Gasteiger partial charge in [-0.2, -0.15) is 11.8 Å². The van der Waals surface area contributed by atoms with Crippen LogP contribution in [0.5, 0.6) is 0 Å². The fraction of sp³-hybridized carbons (Fsp3) is 0.235. The number of nitrogens with zero attached hydrogens (tertiary/aromatic N) is 1. The zero-order chi connectivity index (χ0) is 17.9. The van der Waals surface area contributed by atoms with Crippen LogP contribution in [0.1, 0.15) is 10.4 Å². The molecule has 0 aromatic heterocycles. The van der Waals surface area contributed by atoms with Crippen LogP contribution in [0.2, 0.25) is 0 Å². The third-order valence-corrected chi connectivity index (χ3v) is 6.11. The number of anilines is 1. The molecule has 0 saturated carbocycles. The summed E-state index contributed by atoms with van der Waals surface area (Å²) in [6, 6.07) is 11.3. The van der Waals surface area contributed by atoms with Crippen LogP contribution in [0.15, 0.2) is 53.4 Å². The average molecular weight is 380 g/mol. The summed E-state index contributed by atoms with van der Waals surface area (Å²) in [6.45, 7) is 1.29. The standard InChI is InChI=1S/C17H17FN2O3S2/c18-15-6-1-2-7-16(15)19-25(22,23)14-5-3-4-13(12-14)17(21)20-8-10-24-11-9-20/h1-7,12,19H,8-11H2. The molecule has 0 radical (unpaired) electrons. The van der Waals surface area contributed by atoms with Gasteiger partial charge in [0.05, 0.1) is 10.6 Å². The van der Waals surface area contributed by atoms with Gasteiger partial charge in [0.25, 0.3) is 15.9 Å². The maximum absolute atomic E-state index is 13.7. The van der Waals surface area contributed by atoms with Crippen LogP contribution in [0.4, 0.5) is 10.1 Å². The molecule has 0 aliphatic carbocycles. The van der Waals surface area contributed by atoms with Gasteiger partial charge in [0.2, 0.25) is 0 Å². The normalized spacial score (nSPS) is 15.0. The van der Waals surface area contributed by atoms with Gasteiger partial charge in [-0.1, -0.05) is 18.2 Å². The number of halogens is 1. The Bertz CT molecular complexity index is 881. The Morgan fingerprint density at radius 2 is 1.80 bits per heavy atom. The predicted octanol–water partition coefficient (Wildman–Crippen LogP) is 2.82. The summed E-state index contributed by atoms with van der Waals surface area (Å²) in [5.41, 5.74) is 0.176. The fourth-order valence-corrected chi connectivity index (χ4v) is 4.51. The molecule has 1 aliphatic rings. The van der Waals surface area contributed by atoms with E-state index in [2.05, 4.69) is 4.72 Å². The Hall–Kier alpha value is -2.06. The van der Waals surface area contributed by atoms with Crippen LogP contribution in [0.3, 0.4) is 0 Å². The molecule has 1 aliphatic heterocycles. The van der Waals surface area contributed by atoms with E-state index in [1.54, 1.807) is 22.7 Å². The summed E-state index contributed by atoms with van der Waals surface area (Å²) < 4.78 is 40.9. The molecule has 1 N–H and O–H groups in total. The number of carbonyl (C=O) groups excluding carboxylic acids is 1. The lowest BCUT2D eigenvalue weighted by atomic mass is 10.2. The van der Waals surface area contributed by atoms with Crippen molar-refractivity contribution in [2.75, 3.05) is 29.3 Å². The van der Waals surface area contributed by atoms with Crippen LogP contribution >= 0.6 is 11.8 Å². The van der Waals surface area contributed by atoms with Gasteiger partial charge in [0.1, 0.15) is 5.82 Å². The van der Waals surface area contributed by atoms with Crippen LogP contribution in [-0.2, 0) is 10.0 Å². The van der Waals surface area contributed by atoms with Crippen molar-refractivity contribution in [1.82, 2.24) is 4.90 Å². The van der Waals surface area contributed by atoms with E-state index < -0.39 is 15.8 Å². The van der Waals surface area contributed by atoms with Gasteiger partial charge in [-0.15, -0.1) is 0 Å². The molecule has 2 aromatic rings. The number of rotatable bonds is 4. The fourth-order valence-electron chi connectivity index (χ4n) is 2.49. The molecule has 132 valence electrons. The van der Waals surface area contributed by atoms with E-state index in [-0.39, 0.29) is 16.5 Å². The third-order valence-electron chi connectivity index (χ3n) is 3.81. The van der Waals surface area contributed by atoms with E-state index in [1.807, 2.05) is 0 Å². The first kappa shape index (κ1) is 17.8. The Labute approximate surface area is 150 Å². The number of nitrogens with one attached hydrogen (secondary N) is 1. The van der Waals surface area contributed by atoms with Crippen molar-refractivity contribution < 1.29 is 17.6 Å². The van der Waals surface area contributed by atoms with Crippen molar-refractivity contribution in [1.29, 1.82) is 0 Å². The minimum Gasteiger partial charge on any atom is -0.337 e. The highest BCUT2D eigenvalue weighted by Crippen LogP contribution is 2.21. The van der Waals surface area contributed by atoms with Crippen molar-refractivity contribution in [3.8, 4) is 0 Å². The Morgan fingerprint density at radius 3 is 2.52 bits per heavy atom. The summed E-state index contributed by atoms with van der Waals surface area (Å²) >= 11 is 1.79. The number of para-hydroxylation sites is 1. The zero-order valence-corrected chi connectivity index (χ0v) is 14.9. The molecule has 3 rings (SSSR count). The smallest absolute Gasteiger partial charge is 0.262 e. The Morgan fingerprint density at radius 1 is 1.08 bits per heavy atom. The molecule has 0 atom stereocenters. The number of amides is 1. The summed E-state index contributed by atoms with van der Waals surface area (Å²) in [5.74, 6) is 0.893. The van der Waals surface area contributed by atoms with E-state index in [4.69, 9.17) is 0 Å². The molecule has 8 heteroatoms. The third kappa shape index (κ3) is 4.13. The lowest BCUT2D eigenvalue weighted by Crippen LogP contribution is -2.37. The molecule has 0 spiro atoms. The molecule has 1 saturated heterocycles. The maximum Gasteiger partial charge on any atom is 0.262 e. The van der Waals surface area contributed by atoms with Crippen LogP contribution < -0.4 is 4.72 Å². The lowest BCUT2D eigenvalue weighted by Gasteiger charge is -2.26. The lowest BCUT2D eigenvalue weighted by molar-refractivity contribution is 0.0772. The molecule has 1 heterocycles. The average Bonchev–Trinajstić information content (AvgIpc) is 2.64. The van der Waals surface area contributed by atoms with Crippen LogP contribution in [0.25, 0.3) is 0 Å². The minimum atomic E-state index is -3.99. The van der Waals surface area contributed by atoms with Crippen LogP contribution in [0, 0.1) is 5.82 Å². The monoisotopic (exact) mass is 380 g/mol. The first-order valence-electron chi connectivity index (χ1n) is 7.72. The van der Waals surface area contributed by atoms with Crippen molar-refractivity contribution in [3.63, 3.8) is 0 Å². The largest absolute Gasteiger partial charge is 0.337 e. The van der Waals surface area contributed by atoms with E-state index in [0.717, 1.165) is 11.5 Å². The molecule has 5 nitrogen and oxygen atoms in total. The van der Waals surface area contributed by atoms with Crippen LogP contribution in [-0.4, -0.2) is 43.8 Å². The van der Waals surface area contributed by atoms with Gasteiger partial charge >= 0.3 is 0 Å². The van der Waals surface area contributed by atoms with Crippen molar-refractivity contribution in [3.05, 3.63) is 59.9 Å². The van der Waals surface area contributed by atoms with Gasteiger partial charge in [-0.3, -0.25) is 9.52 Å². The predicted molar refractivity (Wildman–Crippen MR) is 96.9 cm³/mol. The van der Waals surface area contributed by atoms with Gasteiger partial charge < -0.3 is 4.90 Å². The number of hydrogen-bond donors (Lipinski definition) is 1. The van der Waals surface area contributed by atoms with Crippen molar-refractivity contribution in [2.45, 2.75) is 4.90 Å². The molecule has 1 fully saturated rings. The summed E-state index contributed by atoms with van der Waals surface area (Å²) in [7, 11) is -3.99. The molecule has 25 heavy (non-hydrogen) atoms. The molecular weight excluding hydrogens is 363 g/mol. The molecule has 2 aromatic carbocycles. The summed E-state index contributed by atoms with van der Waals surface area (Å²) in [4.78, 5) is 14.2. The van der Waals surface area contributed by atoms with E-state index in [0.29, 0.717) is 18.7 Å². The first-order chi connectivity index (χ1) is 12.0. The van der Waals surface area contributed by atoms with Gasteiger partial charge in [-0.25, -0.2) is 12.8 Å². The van der Waals surface area contributed by atoms with E-state index >= 15 is 0 Å². The molecular formula is C17H17FN2O3S2. The zero-order valence-electron chi connectivity index (χ0n) is 13.3. The highest BCUT2D eigenvalue weighted by Gasteiger charge is 2.21. The van der Waals surface area contributed by atoms with Gasteiger partial charge in [0, 0.05) is 30.2 Å². The van der Waals surface area contributed by atoms with Crippen molar-refractivity contribution in [2.24, 2.45) is 0 Å². The molecule has 0 unspecified atom stereocenters. The first-order valence-corrected chi connectivity index (χ1v) is 10.4. The maximum atomic E-state index is 13.7. The quantitative estimate of drug-likeness (QED) is 0.886. The second-order valence-corrected chi connectivity index (χ2v) is 8.42. The highest BCUT2D eigenvalue weighted by molar-refractivity contribution is 7.99. The number of thioether (sulfide) groups is 1. The van der Waals surface area contributed by atoms with Gasteiger partial charge in [-0.05, 0) is 30.3 Å². The number of carbonyl (C=O) groups is 1. The van der Waals surface area contributed by atoms with E-state index in [1.165, 1.54) is 42.5 Å². The highest BCUT2D eigenvalue weighted by atomic mass is 32.2.